The Morgan fingerprint density at radius 3 is 2.72 bits per heavy atom. The number of halogens is 2. The number of hydrogen-bond acceptors (Lipinski definition) is 2. The highest BCUT2D eigenvalue weighted by atomic mass is 35.5. The lowest BCUT2D eigenvalue weighted by Gasteiger charge is -2.12. The SMILES string of the molecule is Cc1ccc(C(C)NCc2ccc(F)cc2Cl)o1. The van der Waals surface area contributed by atoms with Crippen LogP contribution in [0.1, 0.15) is 30.0 Å². The maximum absolute atomic E-state index is 12.9. The van der Waals surface area contributed by atoms with Crippen LogP contribution in [0.5, 0.6) is 0 Å². The lowest BCUT2D eigenvalue weighted by Crippen LogP contribution is -2.17. The fourth-order valence-electron chi connectivity index (χ4n) is 1.71. The fourth-order valence-corrected chi connectivity index (χ4v) is 1.95. The average molecular weight is 268 g/mol. The lowest BCUT2D eigenvalue weighted by atomic mass is 10.2. The van der Waals surface area contributed by atoms with E-state index in [2.05, 4.69) is 5.32 Å². The van der Waals surface area contributed by atoms with E-state index in [0.29, 0.717) is 11.6 Å². The zero-order valence-corrected chi connectivity index (χ0v) is 11.1. The van der Waals surface area contributed by atoms with Crippen LogP contribution in [0.2, 0.25) is 5.02 Å². The number of furan rings is 1. The summed E-state index contributed by atoms with van der Waals surface area (Å²) in [6, 6.07) is 8.37. The molecule has 1 aromatic heterocycles. The average Bonchev–Trinajstić information content (AvgIpc) is 2.74. The van der Waals surface area contributed by atoms with Gasteiger partial charge in [-0.25, -0.2) is 4.39 Å². The standard InChI is InChI=1S/C14H15ClFNO/c1-9-3-6-14(18-9)10(2)17-8-11-4-5-12(16)7-13(11)15/h3-7,10,17H,8H2,1-2H3. The van der Waals surface area contributed by atoms with Crippen LogP contribution in [0.4, 0.5) is 4.39 Å². The molecule has 0 bridgehead atoms. The second-order valence-electron chi connectivity index (χ2n) is 4.29. The van der Waals surface area contributed by atoms with E-state index in [9.17, 15) is 4.39 Å². The van der Waals surface area contributed by atoms with Crippen molar-refractivity contribution in [3.05, 3.63) is 58.3 Å². The third-order valence-corrected chi connectivity index (χ3v) is 3.15. The van der Waals surface area contributed by atoms with E-state index in [4.69, 9.17) is 16.0 Å². The van der Waals surface area contributed by atoms with Crippen LogP contribution in [-0.4, -0.2) is 0 Å². The van der Waals surface area contributed by atoms with Crippen LogP contribution >= 0.6 is 11.6 Å². The normalized spacial score (nSPS) is 12.7. The number of aryl methyl sites for hydroxylation is 1. The van der Waals surface area contributed by atoms with Crippen LogP contribution in [0.25, 0.3) is 0 Å². The van der Waals surface area contributed by atoms with Gasteiger partial charge in [0.2, 0.25) is 0 Å². The summed E-state index contributed by atoms with van der Waals surface area (Å²) in [5, 5.41) is 3.72. The Labute approximate surface area is 111 Å². The van der Waals surface area contributed by atoms with Crippen LogP contribution in [0.3, 0.4) is 0 Å². The summed E-state index contributed by atoms with van der Waals surface area (Å²) >= 11 is 5.96. The summed E-state index contributed by atoms with van der Waals surface area (Å²) in [4.78, 5) is 0. The summed E-state index contributed by atoms with van der Waals surface area (Å²) in [7, 11) is 0. The van der Waals surface area contributed by atoms with Crippen molar-refractivity contribution in [2.75, 3.05) is 0 Å². The Hall–Kier alpha value is -1.32. The lowest BCUT2D eigenvalue weighted by molar-refractivity contribution is 0.416. The molecule has 0 saturated carbocycles. The van der Waals surface area contributed by atoms with Gasteiger partial charge in [0.15, 0.2) is 0 Å². The van der Waals surface area contributed by atoms with Crippen molar-refractivity contribution >= 4 is 11.6 Å². The minimum absolute atomic E-state index is 0.0832. The van der Waals surface area contributed by atoms with Crippen molar-refractivity contribution in [1.82, 2.24) is 5.32 Å². The molecule has 2 rings (SSSR count). The highest BCUT2D eigenvalue weighted by molar-refractivity contribution is 6.31. The molecule has 1 N–H and O–H groups in total. The van der Waals surface area contributed by atoms with Gasteiger partial charge in [-0.2, -0.15) is 0 Å². The van der Waals surface area contributed by atoms with Gasteiger partial charge in [0, 0.05) is 11.6 Å². The Morgan fingerprint density at radius 2 is 2.11 bits per heavy atom. The molecular formula is C14H15ClFNO. The van der Waals surface area contributed by atoms with Crippen molar-refractivity contribution in [1.29, 1.82) is 0 Å². The zero-order valence-electron chi connectivity index (χ0n) is 10.3. The van der Waals surface area contributed by atoms with E-state index in [1.807, 2.05) is 26.0 Å². The molecule has 0 aliphatic rings. The van der Waals surface area contributed by atoms with Crippen LogP contribution in [0.15, 0.2) is 34.7 Å². The zero-order chi connectivity index (χ0) is 13.1. The van der Waals surface area contributed by atoms with Crippen molar-refractivity contribution in [3.63, 3.8) is 0 Å². The van der Waals surface area contributed by atoms with Gasteiger partial charge >= 0.3 is 0 Å². The molecule has 1 aromatic carbocycles. The third-order valence-electron chi connectivity index (χ3n) is 2.80. The van der Waals surface area contributed by atoms with Crippen molar-refractivity contribution in [2.24, 2.45) is 0 Å². The maximum atomic E-state index is 12.9. The minimum atomic E-state index is -0.321. The highest BCUT2D eigenvalue weighted by Gasteiger charge is 2.10. The van der Waals surface area contributed by atoms with Crippen LogP contribution < -0.4 is 5.32 Å². The molecule has 0 radical (unpaired) electrons. The third kappa shape index (κ3) is 3.12. The number of nitrogens with one attached hydrogen (secondary N) is 1. The van der Waals surface area contributed by atoms with Gasteiger partial charge in [0.25, 0.3) is 0 Å². The summed E-state index contributed by atoms with van der Waals surface area (Å²) in [5.41, 5.74) is 0.869. The minimum Gasteiger partial charge on any atom is -0.465 e. The van der Waals surface area contributed by atoms with E-state index in [-0.39, 0.29) is 11.9 Å². The first-order chi connectivity index (χ1) is 8.56. The second-order valence-corrected chi connectivity index (χ2v) is 4.69. The molecule has 18 heavy (non-hydrogen) atoms. The number of hydrogen-bond donors (Lipinski definition) is 1. The van der Waals surface area contributed by atoms with Crippen molar-refractivity contribution < 1.29 is 8.81 Å². The van der Waals surface area contributed by atoms with E-state index >= 15 is 0 Å². The van der Waals surface area contributed by atoms with Gasteiger partial charge < -0.3 is 9.73 Å². The molecule has 0 amide bonds. The number of benzene rings is 1. The van der Waals surface area contributed by atoms with Gasteiger partial charge in [0.05, 0.1) is 6.04 Å². The highest BCUT2D eigenvalue weighted by Crippen LogP contribution is 2.20. The smallest absolute Gasteiger partial charge is 0.124 e. The van der Waals surface area contributed by atoms with Crippen LogP contribution in [-0.2, 0) is 6.54 Å². The van der Waals surface area contributed by atoms with Crippen LogP contribution in [0, 0.1) is 12.7 Å². The van der Waals surface area contributed by atoms with E-state index < -0.39 is 0 Å². The Bertz CT molecular complexity index is 538. The van der Waals surface area contributed by atoms with Crippen molar-refractivity contribution in [3.8, 4) is 0 Å². The molecule has 0 aliphatic heterocycles. The quantitative estimate of drug-likeness (QED) is 0.897. The van der Waals surface area contributed by atoms with Gasteiger partial charge in [-0.1, -0.05) is 17.7 Å². The molecule has 0 saturated heterocycles. The van der Waals surface area contributed by atoms with E-state index in [1.54, 1.807) is 6.07 Å². The van der Waals surface area contributed by atoms with Gasteiger partial charge in [-0.15, -0.1) is 0 Å². The second kappa shape index (κ2) is 5.55. The molecule has 4 heteroatoms. The fraction of sp³-hybridized carbons (Fsp3) is 0.286. The predicted octanol–water partition coefficient (Wildman–Crippen LogP) is 4.23. The summed E-state index contributed by atoms with van der Waals surface area (Å²) in [5.74, 6) is 1.45. The monoisotopic (exact) mass is 267 g/mol. The number of rotatable bonds is 4. The summed E-state index contributed by atoms with van der Waals surface area (Å²) < 4.78 is 18.4. The first-order valence-corrected chi connectivity index (χ1v) is 6.17. The molecule has 1 unspecified atom stereocenters. The van der Waals surface area contributed by atoms with Crippen molar-refractivity contribution in [2.45, 2.75) is 26.4 Å². The molecule has 0 aliphatic carbocycles. The molecule has 1 atom stereocenters. The molecular weight excluding hydrogens is 253 g/mol. The predicted molar refractivity (Wildman–Crippen MR) is 70.1 cm³/mol. The first-order valence-electron chi connectivity index (χ1n) is 5.80. The maximum Gasteiger partial charge on any atom is 0.124 e. The van der Waals surface area contributed by atoms with E-state index in [1.165, 1.54) is 12.1 Å². The summed E-state index contributed by atoms with van der Waals surface area (Å²) in [6.45, 7) is 4.49. The molecule has 0 fully saturated rings. The molecule has 0 spiro atoms. The summed E-state index contributed by atoms with van der Waals surface area (Å²) in [6.07, 6.45) is 0. The topological polar surface area (TPSA) is 25.2 Å². The molecule has 1 heterocycles. The van der Waals surface area contributed by atoms with E-state index in [0.717, 1.165) is 17.1 Å². The molecule has 2 nitrogen and oxygen atoms in total. The van der Waals surface area contributed by atoms with Gasteiger partial charge in [-0.3, -0.25) is 0 Å². The van der Waals surface area contributed by atoms with Gasteiger partial charge in [0.1, 0.15) is 17.3 Å². The Morgan fingerprint density at radius 1 is 1.33 bits per heavy atom. The Balaban J connectivity index is 1.99. The molecule has 2 aromatic rings. The molecule has 96 valence electrons. The largest absolute Gasteiger partial charge is 0.465 e. The Kier molecular flexibility index (Phi) is 4.04. The van der Waals surface area contributed by atoms with Gasteiger partial charge in [-0.05, 0) is 43.7 Å². The first kappa shape index (κ1) is 13.1.